The summed E-state index contributed by atoms with van der Waals surface area (Å²) in [5.41, 5.74) is 3.07. The SMILES string of the molecule is Cc1nn(-c2ccccc2)nc1-c1nnc(-c2ccccc2)o1. The first-order valence-electron chi connectivity index (χ1n) is 7.20. The largest absolute Gasteiger partial charge is 0.414 e. The van der Waals surface area contributed by atoms with Crippen molar-refractivity contribution in [3.05, 3.63) is 66.4 Å². The zero-order valence-corrected chi connectivity index (χ0v) is 12.4. The third-order valence-corrected chi connectivity index (χ3v) is 3.42. The highest BCUT2D eigenvalue weighted by Gasteiger charge is 2.17. The molecule has 0 aliphatic heterocycles. The number of benzene rings is 2. The van der Waals surface area contributed by atoms with Gasteiger partial charge in [-0.05, 0) is 31.2 Å². The molecule has 4 rings (SSSR count). The first-order valence-corrected chi connectivity index (χ1v) is 7.20. The Kier molecular flexibility index (Phi) is 3.20. The van der Waals surface area contributed by atoms with Crippen molar-refractivity contribution in [1.82, 2.24) is 25.2 Å². The van der Waals surface area contributed by atoms with Gasteiger partial charge in [0, 0.05) is 5.56 Å². The third kappa shape index (κ3) is 2.50. The van der Waals surface area contributed by atoms with Crippen molar-refractivity contribution in [3.8, 4) is 28.7 Å². The summed E-state index contributed by atoms with van der Waals surface area (Å²) >= 11 is 0. The zero-order valence-electron chi connectivity index (χ0n) is 12.4. The van der Waals surface area contributed by atoms with Crippen LogP contribution in [0, 0.1) is 6.92 Å². The lowest BCUT2D eigenvalue weighted by atomic mass is 10.2. The van der Waals surface area contributed by atoms with Gasteiger partial charge in [0.15, 0.2) is 5.69 Å². The molecule has 0 unspecified atom stereocenters. The van der Waals surface area contributed by atoms with Gasteiger partial charge in [-0.3, -0.25) is 0 Å². The maximum Gasteiger partial charge on any atom is 0.270 e. The summed E-state index contributed by atoms with van der Waals surface area (Å²) in [6, 6.07) is 19.3. The van der Waals surface area contributed by atoms with Crippen molar-refractivity contribution < 1.29 is 4.42 Å². The van der Waals surface area contributed by atoms with Gasteiger partial charge >= 0.3 is 0 Å². The average Bonchev–Trinajstić information content (AvgIpc) is 3.23. The summed E-state index contributed by atoms with van der Waals surface area (Å²) in [6.45, 7) is 1.87. The van der Waals surface area contributed by atoms with E-state index in [1.165, 1.54) is 0 Å². The van der Waals surface area contributed by atoms with Crippen LogP contribution in [-0.2, 0) is 0 Å². The fraction of sp³-hybridized carbons (Fsp3) is 0.0588. The maximum atomic E-state index is 5.75. The van der Waals surface area contributed by atoms with Gasteiger partial charge in [-0.1, -0.05) is 36.4 Å². The molecule has 0 amide bonds. The molecule has 0 fully saturated rings. The molecule has 112 valence electrons. The normalized spacial score (nSPS) is 10.8. The Bertz CT molecular complexity index is 928. The molecule has 0 aliphatic rings. The van der Waals surface area contributed by atoms with Gasteiger partial charge in [-0.2, -0.15) is 9.90 Å². The summed E-state index contributed by atoms with van der Waals surface area (Å²) in [5, 5.41) is 17.1. The van der Waals surface area contributed by atoms with E-state index >= 15 is 0 Å². The molecule has 0 radical (unpaired) electrons. The van der Waals surface area contributed by atoms with Crippen molar-refractivity contribution >= 4 is 0 Å². The van der Waals surface area contributed by atoms with Crippen LogP contribution < -0.4 is 0 Å². The van der Waals surface area contributed by atoms with Crippen molar-refractivity contribution in [1.29, 1.82) is 0 Å². The van der Waals surface area contributed by atoms with E-state index in [9.17, 15) is 0 Å². The minimum Gasteiger partial charge on any atom is -0.414 e. The topological polar surface area (TPSA) is 69.6 Å². The van der Waals surface area contributed by atoms with Crippen molar-refractivity contribution in [3.63, 3.8) is 0 Å². The molecule has 23 heavy (non-hydrogen) atoms. The Labute approximate surface area is 132 Å². The highest BCUT2D eigenvalue weighted by molar-refractivity contribution is 5.56. The molecular formula is C17H13N5O. The second-order valence-electron chi connectivity index (χ2n) is 5.04. The third-order valence-electron chi connectivity index (χ3n) is 3.42. The van der Waals surface area contributed by atoms with Crippen LogP contribution in [0.15, 0.2) is 65.1 Å². The molecule has 0 aliphatic carbocycles. The van der Waals surface area contributed by atoms with Crippen molar-refractivity contribution in [2.75, 3.05) is 0 Å². The second kappa shape index (κ2) is 5.49. The van der Waals surface area contributed by atoms with E-state index in [0.717, 1.165) is 16.9 Å². The van der Waals surface area contributed by atoms with Crippen LogP contribution in [0.25, 0.3) is 28.7 Å². The predicted octanol–water partition coefficient (Wildman–Crippen LogP) is 3.29. The van der Waals surface area contributed by atoms with E-state index in [-0.39, 0.29) is 0 Å². The number of aromatic nitrogens is 5. The standard InChI is InChI=1S/C17H13N5O/c1-12-15(21-22(20-12)14-10-6-3-7-11-14)17-19-18-16(23-17)13-8-4-2-5-9-13/h2-11H,1H3. The van der Waals surface area contributed by atoms with Crippen molar-refractivity contribution in [2.45, 2.75) is 6.92 Å². The quantitative estimate of drug-likeness (QED) is 0.581. The first-order chi connectivity index (χ1) is 11.3. The first kappa shape index (κ1) is 13.4. The molecule has 4 aromatic rings. The molecule has 2 aromatic carbocycles. The molecule has 0 saturated heterocycles. The molecule has 0 saturated carbocycles. The summed E-state index contributed by atoms with van der Waals surface area (Å²) in [5.74, 6) is 0.831. The molecule has 0 bridgehead atoms. The maximum absolute atomic E-state index is 5.75. The van der Waals surface area contributed by atoms with E-state index < -0.39 is 0 Å². The Morgan fingerprint density at radius 1 is 0.783 bits per heavy atom. The lowest BCUT2D eigenvalue weighted by Crippen LogP contribution is -1.98. The van der Waals surface area contributed by atoms with Gasteiger partial charge in [0.25, 0.3) is 5.89 Å². The predicted molar refractivity (Wildman–Crippen MR) is 84.8 cm³/mol. The zero-order chi connectivity index (χ0) is 15.6. The van der Waals surface area contributed by atoms with Crippen LogP contribution in [0.4, 0.5) is 0 Å². The highest BCUT2D eigenvalue weighted by Crippen LogP contribution is 2.24. The number of rotatable bonds is 3. The number of hydrogen-bond donors (Lipinski definition) is 0. The van der Waals surface area contributed by atoms with Crippen molar-refractivity contribution in [2.24, 2.45) is 0 Å². The lowest BCUT2D eigenvalue weighted by Gasteiger charge is -1.96. The fourth-order valence-electron chi connectivity index (χ4n) is 2.27. The Morgan fingerprint density at radius 2 is 1.43 bits per heavy atom. The van der Waals surface area contributed by atoms with Crippen LogP contribution in [0.5, 0.6) is 0 Å². The average molecular weight is 303 g/mol. The van der Waals surface area contributed by atoms with Gasteiger partial charge in [0.1, 0.15) is 0 Å². The van der Waals surface area contributed by atoms with Gasteiger partial charge in [-0.25, -0.2) is 0 Å². The number of aryl methyl sites for hydroxylation is 1. The summed E-state index contributed by atoms with van der Waals surface area (Å²) in [6.07, 6.45) is 0. The molecule has 6 heteroatoms. The van der Waals surface area contributed by atoms with Gasteiger partial charge in [-0.15, -0.1) is 15.3 Å². The molecule has 2 heterocycles. The van der Waals surface area contributed by atoms with E-state index in [1.54, 1.807) is 4.80 Å². The van der Waals surface area contributed by atoms with E-state index in [0.29, 0.717) is 17.5 Å². The van der Waals surface area contributed by atoms with Gasteiger partial charge in [0.05, 0.1) is 11.4 Å². The van der Waals surface area contributed by atoms with Crippen LogP contribution in [0.1, 0.15) is 5.69 Å². The minimum absolute atomic E-state index is 0.364. The van der Waals surface area contributed by atoms with Gasteiger partial charge in [0.2, 0.25) is 5.89 Å². The fourth-order valence-corrected chi connectivity index (χ4v) is 2.27. The second-order valence-corrected chi connectivity index (χ2v) is 5.04. The Morgan fingerprint density at radius 3 is 2.17 bits per heavy atom. The summed E-state index contributed by atoms with van der Waals surface area (Å²) < 4.78 is 5.75. The van der Waals surface area contributed by atoms with Crippen LogP contribution in [0.3, 0.4) is 0 Å². The smallest absolute Gasteiger partial charge is 0.270 e. The molecule has 0 spiro atoms. The Hall–Kier alpha value is -3.28. The molecule has 0 N–H and O–H groups in total. The van der Waals surface area contributed by atoms with E-state index in [2.05, 4.69) is 20.4 Å². The molecule has 2 aromatic heterocycles. The summed E-state index contributed by atoms with van der Waals surface area (Å²) in [7, 11) is 0. The number of nitrogens with zero attached hydrogens (tertiary/aromatic N) is 5. The van der Waals surface area contributed by atoms with Gasteiger partial charge < -0.3 is 4.42 Å². The highest BCUT2D eigenvalue weighted by atomic mass is 16.4. The lowest BCUT2D eigenvalue weighted by molar-refractivity contribution is 0.580. The number of para-hydroxylation sites is 1. The van der Waals surface area contributed by atoms with Crippen LogP contribution in [0.2, 0.25) is 0 Å². The minimum atomic E-state index is 0.364. The Balaban J connectivity index is 1.72. The molecule has 6 nitrogen and oxygen atoms in total. The van der Waals surface area contributed by atoms with E-state index in [4.69, 9.17) is 4.42 Å². The van der Waals surface area contributed by atoms with E-state index in [1.807, 2.05) is 67.6 Å². The van der Waals surface area contributed by atoms with Crippen LogP contribution >= 0.6 is 0 Å². The summed E-state index contributed by atoms with van der Waals surface area (Å²) in [4.78, 5) is 1.57. The monoisotopic (exact) mass is 303 g/mol. The molecule has 0 atom stereocenters. The number of hydrogen-bond acceptors (Lipinski definition) is 5. The molecular weight excluding hydrogens is 290 g/mol. The van der Waals surface area contributed by atoms with Crippen LogP contribution in [-0.4, -0.2) is 25.2 Å².